The van der Waals surface area contributed by atoms with Crippen molar-refractivity contribution in [3.63, 3.8) is 0 Å². The first-order valence-corrected chi connectivity index (χ1v) is 9.18. The molecule has 25 heavy (non-hydrogen) atoms. The van der Waals surface area contributed by atoms with Gasteiger partial charge in [-0.05, 0) is 38.0 Å². The number of carbonyl (C=O) groups is 2. The molecule has 6 nitrogen and oxygen atoms in total. The Morgan fingerprint density at radius 1 is 1.36 bits per heavy atom. The van der Waals surface area contributed by atoms with E-state index in [4.69, 9.17) is 4.42 Å². The highest BCUT2D eigenvalue weighted by Crippen LogP contribution is 2.53. The van der Waals surface area contributed by atoms with E-state index in [1.807, 2.05) is 4.90 Å². The zero-order valence-electron chi connectivity index (χ0n) is 14.9. The van der Waals surface area contributed by atoms with Crippen molar-refractivity contribution in [2.24, 2.45) is 5.92 Å². The van der Waals surface area contributed by atoms with Crippen LogP contribution in [-0.4, -0.2) is 53.3 Å². The number of aromatic nitrogens is 1. The number of nitrogens with zero attached hydrogens (tertiary/aromatic N) is 3. The molecule has 1 aromatic rings. The minimum atomic E-state index is -0.139. The summed E-state index contributed by atoms with van der Waals surface area (Å²) < 4.78 is 5.59. The zero-order chi connectivity index (χ0) is 17.6. The Hall–Kier alpha value is -2.11. The van der Waals surface area contributed by atoms with Crippen molar-refractivity contribution < 1.29 is 14.0 Å². The minimum Gasteiger partial charge on any atom is -0.447 e. The minimum absolute atomic E-state index is 0.116. The van der Waals surface area contributed by atoms with Gasteiger partial charge in [-0.1, -0.05) is 11.6 Å². The number of rotatable bonds is 4. The normalized spacial score (nSPS) is 27.7. The van der Waals surface area contributed by atoms with Crippen molar-refractivity contribution in [2.75, 3.05) is 20.6 Å². The van der Waals surface area contributed by atoms with E-state index >= 15 is 0 Å². The van der Waals surface area contributed by atoms with Gasteiger partial charge in [0.1, 0.15) is 5.76 Å². The van der Waals surface area contributed by atoms with Crippen LogP contribution in [0.3, 0.4) is 0 Å². The van der Waals surface area contributed by atoms with Gasteiger partial charge in [0, 0.05) is 39.0 Å². The second-order valence-electron chi connectivity index (χ2n) is 7.68. The molecule has 3 fully saturated rings. The smallest absolute Gasteiger partial charge is 0.275 e. The quantitative estimate of drug-likeness (QED) is 0.788. The maximum atomic E-state index is 12.8. The third-order valence-electron chi connectivity index (χ3n) is 5.89. The maximum absolute atomic E-state index is 12.8. The molecule has 2 saturated heterocycles. The summed E-state index contributed by atoms with van der Waals surface area (Å²) in [4.78, 5) is 32.7. The topological polar surface area (TPSA) is 66.7 Å². The van der Waals surface area contributed by atoms with Gasteiger partial charge < -0.3 is 14.2 Å². The summed E-state index contributed by atoms with van der Waals surface area (Å²) in [6.07, 6.45) is 9.74. The summed E-state index contributed by atoms with van der Waals surface area (Å²) in [5.74, 6) is 1.25. The van der Waals surface area contributed by atoms with E-state index in [0.29, 0.717) is 23.8 Å². The van der Waals surface area contributed by atoms with E-state index < -0.39 is 0 Å². The number of carbonyl (C=O) groups excluding carboxylic acids is 2. The summed E-state index contributed by atoms with van der Waals surface area (Å²) in [5.41, 5.74) is 1.69. The standard InChI is InChI=1S/C19H25N3O3/c1-21(2)19(24)17-18(25-11-20-17)16-13-9-14(16)22(10-13)15(23)8-12-6-4-3-5-7-12/h6,11,13-14,16H,3-5,7-10H2,1-2H3. The summed E-state index contributed by atoms with van der Waals surface area (Å²) in [5, 5.41) is 0. The molecule has 4 aliphatic rings. The molecule has 0 spiro atoms. The number of amides is 2. The van der Waals surface area contributed by atoms with Crippen molar-refractivity contribution in [1.29, 1.82) is 0 Å². The molecule has 2 bridgehead atoms. The van der Waals surface area contributed by atoms with Crippen molar-refractivity contribution in [3.8, 4) is 0 Å². The second kappa shape index (κ2) is 6.32. The average Bonchev–Trinajstić information content (AvgIpc) is 3.29. The van der Waals surface area contributed by atoms with Crippen LogP contribution in [-0.2, 0) is 4.79 Å². The summed E-state index contributed by atoms with van der Waals surface area (Å²) in [6.45, 7) is 0.776. The van der Waals surface area contributed by atoms with Gasteiger partial charge in [-0.25, -0.2) is 4.98 Å². The molecule has 0 radical (unpaired) electrons. The Morgan fingerprint density at radius 3 is 2.92 bits per heavy atom. The van der Waals surface area contributed by atoms with Crippen LogP contribution in [0, 0.1) is 5.92 Å². The molecule has 6 heteroatoms. The van der Waals surface area contributed by atoms with E-state index in [1.54, 1.807) is 14.1 Å². The lowest BCUT2D eigenvalue weighted by Gasteiger charge is -2.35. The van der Waals surface area contributed by atoms with Crippen molar-refractivity contribution >= 4 is 11.8 Å². The second-order valence-corrected chi connectivity index (χ2v) is 7.68. The first kappa shape index (κ1) is 16.4. The van der Waals surface area contributed by atoms with Crippen LogP contribution in [0.4, 0.5) is 0 Å². The molecular formula is C19H25N3O3. The molecule has 1 saturated carbocycles. The van der Waals surface area contributed by atoms with Crippen LogP contribution in [0.2, 0.25) is 0 Å². The Balaban J connectivity index is 1.48. The molecule has 134 valence electrons. The molecule has 2 aliphatic carbocycles. The summed E-state index contributed by atoms with van der Waals surface area (Å²) in [7, 11) is 3.42. The van der Waals surface area contributed by atoms with Crippen LogP contribution in [0.25, 0.3) is 0 Å². The SMILES string of the molecule is CN(C)C(=O)c1ncoc1C1C2CC1N(C(=O)CC1=CCCCC1)C2. The van der Waals surface area contributed by atoms with E-state index in [2.05, 4.69) is 11.1 Å². The van der Waals surface area contributed by atoms with Gasteiger partial charge in [0.25, 0.3) is 5.91 Å². The van der Waals surface area contributed by atoms with Crippen LogP contribution >= 0.6 is 0 Å². The molecule has 0 N–H and O–H groups in total. The van der Waals surface area contributed by atoms with Gasteiger partial charge in [0.2, 0.25) is 5.91 Å². The number of oxazole rings is 1. The lowest BCUT2D eigenvalue weighted by molar-refractivity contribution is -0.130. The van der Waals surface area contributed by atoms with E-state index in [1.165, 1.54) is 29.7 Å². The molecule has 2 aliphatic heterocycles. The monoisotopic (exact) mass is 343 g/mol. The number of allylic oxidation sites excluding steroid dienone is 1. The Bertz CT molecular complexity index is 721. The van der Waals surface area contributed by atoms with Gasteiger partial charge in [-0.2, -0.15) is 0 Å². The molecular weight excluding hydrogens is 318 g/mol. The van der Waals surface area contributed by atoms with E-state index in [9.17, 15) is 9.59 Å². The zero-order valence-corrected chi connectivity index (χ0v) is 14.9. The third-order valence-corrected chi connectivity index (χ3v) is 5.89. The van der Waals surface area contributed by atoms with Gasteiger partial charge in [-0.3, -0.25) is 9.59 Å². The first-order valence-electron chi connectivity index (χ1n) is 9.18. The van der Waals surface area contributed by atoms with Crippen LogP contribution in [0.5, 0.6) is 0 Å². The summed E-state index contributed by atoms with van der Waals surface area (Å²) in [6, 6.07) is 0.156. The Kier molecular flexibility index (Phi) is 4.13. The molecule has 3 atom stereocenters. The highest BCUT2D eigenvalue weighted by atomic mass is 16.3. The predicted molar refractivity (Wildman–Crippen MR) is 92.0 cm³/mol. The molecule has 5 rings (SSSR count). The average molecular weight is 343 g/mol. The van der Waals surface area contributed by atoms with E-state index in [0.717, 1.165) is 25.8 Å². The van der Waals surface area contributed by atoms with Gasteiger partial charge in [0.05, 0.1) is 0 Å². The molecule has 0 aromatic carbocycles. The Morgan fingerprint density at radius 2 is 2.20 bits per heavy atom. The lowest BCUT2D eigenvalue weighted by atomic mass is 9.72. The first-order chi connectivity index (χ1) is 12.1. The Labute approximate surface area is 147 Å². The van der Waals surface area contributed by atoms with E-state index in [-0.39, 0.29) is 23.8 Å². The number of hydrogen-bond acceptors (Lipinski definition) is 4. The van der Waals surface area contributed by atoms with Crippen LogP contribution in [0.15, 0.2) is 22.5 Å². The largest absolute Gasteiger partial charge is 0.447 e. The molecule has 3 unspecified atom stereocenters. The lowest BCUT2D eigenvalue weighted by Crippen LogP contribution is -2.40. The fourth-order valence-corrected chi connectivity index (χ4v) is 4.52. The van der Waals surface area contributed by atoms with Gasteiger partial charge in [-0.15, -0.1) is 0 Å². The molecule has 2 amide bonds. The highest BCUT2D eigenvalue weighted by Gasteiger charge is 2.56. The van der Waals surface area contributed by atoms with Crippen molar-refractivity contribution in [2.45, 2.75) is 50.5 Å². The molecule has 3 heterocycles. The van der Waals surface area contributed by atoms with Crippen LogP contribution < -0.4 is 0 Å². The molecule has 1 aromatic heterocycles. The number of hydrogen-bond donors (Lipinski definition) is 0. The number of fused-ring (bicyclic) bond motifs is 1. The highest BCUT2D eigenvalue weighted by molar-refractivity contribution is 5.93. The predicted octanol–water partition coefficient (Wildman–Crippen LogP) is 2.58. The van der Waals surface area contributed by atoms with Crippen molar-refractivity contribution in [3.05, 3.63) is 29.5 Å². The van der Waals surface area contributed by atoms with Gasteiger partial charge >= 0.3 is 0 Å². The maximum Gasteiger partial charge on any atom is 0.275 e. The fraction of sp³-hybridized carbons (Fsp3) is 0.632. The summed E-state index contributed by atoms with van der Waals surface area (Å²) >= 11 is 0. The fourth-order valence-electron chi connectivity index (χ4n) is 4.52. The van der Waals surface area contributed by atoms with Crippen LogP contribution in [0.1, 0.15) is 60.7 Å². The third kappa shape index (κ3) is 2.77. The van der Waals surface area contributed by atoms with Crippen molar-refractivity contribution in [1.82, 2.24) is 14.8 Å². The van der Waals surface area contributed by atoms with Gasteiger partial charge in [0.15, 0.2) is 12.1 Å².